The monoisotopic (exact) mass is 254 g/mol. The van der Waals surface area contributed by atoms with E-state index in [9.17, 15) is 0 Å². The van der Waals surface area contributed by atoms with E-state index in [1.165, 1.54) is 0 Å². The topological polar surface area (TPSA) is 50.7 Å². The lowest BCUT2D eigenvalue weighted by Crippen LogP contribution is -2.13. The second-order valence-electron chi connectivity index (χ2n) is 2.50. The molecule has 0 aromatic carbocycles. The Morgan fingerprint density at radius 1 is 1.21 bits per heavy atom. The SMILES string of the molecule is CCc1nc(NC)nc(C(Cl)(Cl)Cl)n1. The fourth-order valence-corrected chi connectivity index (χ4v) is 1.07. The van der Waals surface area contributed by atoms with E-state index in [4.69, 9.17) is 34.8 Å². The standard InChI is InChI=1S/C7H9Cl3N4/c1-3-4-12-5(7(8,9)10)14-6(11-2)13-4/h3H2,1-2H3,(H,11,12,13,14). The lowest BCUT2D eigenvalue weighted by atomic mass is 10.4. The molecular formula is C7H9Cl3N4. The minimum absolute atomic E-state index is 0.138. The number of hydrogen-bond donors (Lipinski definition) is 1. The van der Waals surface area contributed by atoms with E-state index in [0.717, 1.165) is 0 Å². The van der Waals surface area contributed by atoms with Gasteiger partial charge in [0.1, 0.15) is 5.82 Å². The molecule has 78 valence electrons. The second-order valence-corrected chi connectivity index (χ2v) is 4.78. The van der Waals surface area contributed by atoms with Crippen LogP contribution in [-0.2, 0) is 10.2 Å². The van der Waals surface area contributed by atoms with E-state index in [1.807, 2.05) is 6.92 Å². The summed E-state index contributed by atoms with van der Waals surface area (Å²) in [6.45, 7) is 1.91. The number of anilines is 1. The molecule has 0 aliphatic carbocycles. The maximum atomic E-state index is 5.67. The number of rotatable bonds is 2. The van der Waals surface area contributed by atoms with Crippen molar-refractivity contribution in [1.82, 2.24) is 15.0 Å². The summed E-state index contributed by atoms with van der Waals surface area (Å²) < 4.78 is -1.61. The first kappa shape index (κ1) is 11.8. The Hall–Kier alpha value is -0.320. The van der Waals surface area contributed by atoms with Crippen LogP contribution in [0.4, 0.5) is 5.95 Å². The molecule has 0 amide bonds. The summed E-state index contributed by atoms with van der Waals surface area (Å²) in [7, 11) is 1.69. The molecule has 1 aromatic heterocycles. The number of nitrogens with one attached hydrogen (secondary N) is 1. The fraction of sp³-hybridized carbons (Fsp3) is 0.571. The molecule has 0 spiro atoms. The summed E-state index contributed by atoms with van der Waals surface area (Å²) >= 11 is 17.0. The first-order chi connectivity index (χ1) is 6.47. The smallest absolute Gasteiger partial charge is 0.250 e. The Morgan fingerprint density at radius 2 is 1.86 bits per heavy atom. The van der Waals surface area contributed by atoms with Gasteiger partial charge in [0.25, 0.3) is 0 Å². The fourth-order valence-electron chi connectivity index (χ4n) is 0.816. The van der Waals surface area contributed by atoms with Crippen LogP contribution in [0.15, 0.2) is 0 Å². The average molecular weight is 256 g/mol. The van der Waals surface area contributed by atoms with E-state index in [2.05, 4.69) is 20.3 Å². The first-order valence-electron chi connectivity index (χ1n) is 3.97. The number of aryl methyl sites for hydroxylation is 1. The van der Waals surface area contributed by atoms with Gasteiger partial charge in [0.2, 0.25) is 9.74 Å². The van der Waals surface area contributed by atoms with E-state index < -0.39 is 3.79 Å². The van der Waals surface area contributed by atoms with E-state index in [0.29, 0.717) is 18.2 Å². The predicted octanol–water partition coefficient (Wildman–Crippen LogP) is 2.30. The van der Waals surface area contributed by atoms with Crippen molar-refractivity contribution >= 4 is 40.8 Å². The predicted molar refractivity (Wildman–Crippen MR) is 58.0 cm³/mol. The Morgan fingerprint density at radius 3 is 2.29 bits per heavy atom. The molecule has 7 heteroatoms. The van der Waals surface area contributed by atoms with Crippen LogP contribution in [0.5, 0.6) is 0 Å². The molecule has 0 bridgehead atoms. The number of hydrogen-bond acceptors (Lipinski definition) is 4. The molecule has 0 unspecified atom stereocenters. The Labute approximate surface area is 97.0 Å². The van der Waals surface area contributed by atoms with Gasteiger partial charge >= 0.3 is 0 Å². The molecule has 0 fully saturated rings. The van der Waals surface area contributed by atoms with Crippen LogP contribution in [0.2, 0.25) is 0 Å². The minimum Gasteiger partial charge on any atom is -0.357 e. The van der Waals surface area contributed by atoms with Gasteiger partial charge in [-0.1, -0.05) is 41.7 Å². The van der Waals surface area contributed by atoms with Crippen molar-refractivity contribution in [1.29, 1.82) is 0 Å². The average Bonchev–Trinajstić information content (AvgIpc) is 2.15. The number of nitrogens with zero attached hydrogens (tertiary/aromatic N) is 3. The van der Waals surface area contributed by atoms with Gasteiger partial charge in [0, 0.05) is 13.5 Å². The Kier molecular flexibility index (Phi) is 3.75. The van der Waals surface area contributed by atoms with E-state index in [-0.39, 0.29) is 5.82 Å². The van der Waals surface area contributed by atoms with Crippen molar-refractivity contribution < 1.29 is 0 Å². The molecular weight excluding hydrogens is 246 g/mol. The van der Waals surface area contributed by atoms with Gasteiger partial charge in [-0.15, -0.1) is 0 Å². The summed E-state index contributed by atoms with van der Waals surface area (Å²) in [4.78, 5) is 12.0. The van der Waals surface area contributed by atoms with E-state index >= 15 is 0 Å². The van der Waals surface area contributed by atoms with Crippen molar-refractivity contribution in [2.75, 3.05) is 12.4 Å². The molecule has 0 atom stereocenters. The minimum atomic E-state index is -1.61. The van der Waals surface area contributed by atoms with Crippen LogP contribution in [0, 0.1) is 0 Å². The molecule has 0 saturated carbocycles. The van der Waals surface area contributed by atoms with Gasteiger partial charge in [-0.05, 0) is 0 Å². The highest BCUT2D eigenvalue weighted by molar-refractivity contribution is 6.66. The van der Waals surface area contributed by atoms with Crippen molar-refractivity contribution in [3.63, 3.8) is 0 Å². The second kappa shape index (κ2) is 4.47. The van der Waals surface area contributed by atoms with Crippen LogP contribution in [0.25, 0.3) is 0 Å². The number of aromatic nitrogens is 3. The third-order valence-electron chi connectivity index (χ3n) is 1.48. The summed E-state index contributed by atoms with van der Waals surface area (Å²) in [6, 6.07) is 0. The Balaban J connectivity index is 3.17. The third-order valence-corrected chi connectivity index (χ3v) is 1.98. The molecule has 1 rings (SSSR count). The van der Waals surface area contributed by atoms with Crippen molar-refractivity contribution in [2.24, 2.45) is 0 Å². The molecule has 1 aromatic rings. The van der Waals surface area contributed by atoms with Crippen molar-refractivity contribution in [3.8, 4) is 0 Å². The quantitative estimate of drug-likeness (QED) is 0.824. The summed E-state index contributed by atoms with van der Waals surface area (Å²) in [6.07, 6.45) is 0.658. The summed E-state index contributed by atoms with van der Waals surface area (Å²) in [5.41, 5.74) is 0. The van der Waals surface area contributed by atoms with Gasteiger partial charge in [0.15, 0.2) is 5.82 Å². The van der Waals surface area contributed by atoms with Gasteiger partial charge in [-0.2, -0.15) is 9.97 Å². The van der Waals surface area contributed by atoms with E-state index in [1.54, 1.807) is 7.05 Å². The van der Waals surface area contributed by atoms with Gasteiger partial charge in [-0.25, -0.2) is 4.98 Å². The maximum Gasteiger partial charge on any atom is 0.250 e. The molecule has 14 heavy (non-hydrogen) atoms. The highest BCUT2D eigenvalue weighted by atomic mass is 35.6. The molecule has 1 N–H and O–H groups in total. The third kappa shape index (κ3) is 2.83. The molecule has 1 heterocycles. The highest BCUT2D eigenvalue weighted by Crippen LogP contribution is 2.35. The largest absolute Gasteiger partial charge is 0.357 e. The first-order valence-corrected chi connectivity index (χ1v) is 5.10. The molecule has 0 saturated heterocycles. The molecule has 0 radical (unpaired) electrons. The van der Waals surface area contributed by atoms with Crippen LogP contribution < -0.4 is 5.32 Å². The number of halogens is 3. The van der Waals surface area contributed by atoms with Crippen LogP contribution in [-0.4, -0.2) is 22.0 Å². The van der Waals surface area contributed by atoms with Crippen LogP contribution in [0.1, 0.15) is 18.6 Å². The van der Waals surface area contributed by atoms with Crippen molar-refractivity contribution in [3.05, 3.63) is 11.6 Å². The lowest BCUT2D eigenvalue weighted by Gasteiger charge is -2.11. The summed E-state index contributed by atoms with van der Waals surface area (Å²) in [5, 5.41) is 2.78. The van der Waals surface area contributed by atoms with Crippen molar-refractivity contribution in [2.45, 2.75) is 17.1 Å². The molecule has 0 aliphatic rings. The zero-order valence-electron chi connectivity index (χ0n) is 7.68. The van der Waals surface area contributed by atoms with Crippen LogP contribution in [0.3, 0.4) is 0 Å². The highest BCUT2D eigenvalue weighted by Gasteiger charge is 2.27. The number of alkyl halides is 3. The zero-order valence-corrected chi connectivity index (χ0v) is 9.95. The van der Waals surface area contributed by atoms with Gasteiger partial charge in [-0.3, -0.25) is 0 Å². The van der Waals surface area contributed by atoms with Crippen LogP contribution >= 0.6 is 34.8 Å². The summed E-state index contributed by atoms with van der Waals surface area (Å²) in [5.74, 6) is 1.13. The Bertz CT molecular complexity index is 301. The maximum absolute atomic E-state index is 5.67. The zero-order chi connectivity index (χ0) is 10.8. The van der Waals surface area contributed by atoms with Gasteiger partial charge < -0.3 is 5.32 Å². The lowest BCUT2D eigenvalue weighted by molar-refractivity contribution is 0.839. The normalized spacial score (nSPS) is 11.5. The van der Waals surface area contributed by atoms with Gasteiger partial charge in [0.05, 0.1) is 0 Å². The molecule has 0 aliphatic heterocycles. The molecule has 4 nitrogen and oxygen atoms in total.